The van der Waals surface area contributed by atoms with Crippen molar-refractivity contribution in [1.82, 2.24) is 5.32 Å². The highest BCUT2D eigenvalue weighted by atomic mass is 32.2. The molecule has 1 nitrogen and oxygen atoms in total. The third-order valence-corrected chi connectivity index (χ3v) is 6.28. The number of thioether (sulfide) groups is 1. The summed E-state index contributed by atoms with van der Waals surface area (Å²) in [5.74, 6) is 1.84. The summed E-state index contributed by atoms with van der Waals surface area (Å²) < 4.78 is 0. The van der Waals surface area contributed by atoms with Gasteiger partial charge in [-0.25, -0.2) is 0 Å². The second-order valence-corrected chi connectivity index (χ2v) is 7.78. The van der Waals surface area contributed by atoms with Crippen LogP contribution in [-0.4, -0.2) is 23.6 Å². The predicted octanol–water partition coefficient (Wildman–Crippen LogP) is 4.47. The summed E-state index contributed by atoms with van der Waals surface area (Å²) in [6.45, 7) is 4.80. The third kappa shape index (κ3) is 3.90. The first-order valence-corrected chi connectivity index (χ1v) is 9.28. The minimum atomic E-state index is 0.796. The number of rotatable bonds is 4. The Morgan fingerprint density at radius 3 is 2.50 bits per heavy atom. The van der Waals surface area contributed by atoms with Gasteiger partial charge in [0.2, 0.25) is 0 Å². The van der Waals surface area contributed by atoms with Crippen LogP contribution in [0.4, 0.5) is 0 Å². The van der Waals surface area contributed by atoms with Crippen LogP contribution in [0.15, 0.2) is 0 Å². The van der Waals surface area contributed by atoms with Crippen LogP contribution in [0.3, 0.4) is 0 Å². The van der Waals surface area contributed by atoms with Gasteiger partial charge in [-0.15, -0.1) is 0 Å². The molecule has 2 fully saturated rings. The molecule has 0 aromatic carbocycles. The first-order chi connectivity index (χ1) is 8.70. The van der Waals surface area contributed by atoms with E-state index in [4.69, 9.17) is 0 Å². The van der Waals surface area contributed by atoms with Crippen LogP contribution in [0.1, 0.15) is 65.2 Å². The van der Waals surface area contributed by atoms with Gasteiger partial charge < -0.3 is 5.32 Å². The van der Waals surface area contributed by atoms with Crippen molar-refractivity contribution in [2.75, 3.05) is 6.26 Å². The van der Waals surface area contributed by atoms with Gasteiger partial charge in [0.05, 0.1) is 0 Å². The Labute approximate surface area is 118 Å². The summed E-state index contributed by atoms with van der Waals surface area (Å²) >= 11 is 2.09. The molecule has 18 heavy (non-hydrogen) atoms. The molecule has 1 N–H and O–H groups in total. The van der Waals surface area contributed by atoms with E-state index < -0.39 is 0 Å². The van der Waals surface area contributed by atoms with Crippen LogP contribution >= 0.6 is 11.8 Å². The molecular formula is C16H31NS. The maximum absolute atomic E-state index is 4.02. The summed E-state index contributed by atoms with van der Waals surface area (Å²) in [4.78, 5) is 0. The molecule has 2 aliphatic carbocycles. The van der Waals surface area contributed by atoms with Gasteiger partial charge in [-0.1, -0.05) is 39.5 Å². The lowest BCUT2D eigenvalue weighted by Crippen LogP contribution is -2.47. The smallest absolute Gasteiger partial charge is 0.0198 e. The zero-order valence-corrected chi connectivity index (χ0v) is 13.3. The highest BCUT2D eigenvalue weighted by molar-refractivity contribution is 7.99. The average Bonchev–Trinajstić information content (AvgIpc) is 2.39. The Balaban J connectivity index is 1.84. The maximum Gasteiger partial charge on any atom is 0.0198 e. The molecule has 2 rings (SSSR count). The first kappa shape index (κ1) is 14.7. The molecule has 4 unspecified atom stereocenters. The van der Waals surface area contributed by atoms with E-state index in [1.807, 2.05) is 0 Å². The molecule has 2 saturated carbocycles. The predicted molar refractivity (Wildman–Crippen MR) is 83.3 cm³/mol. The second-order valence-electron chi connectivity index (χ2n) is 6.70. The van der Waals surface area contributed by atoms with Crippen molar-refractivity contribution in [3.63, 3.8) is 0 Å². The molecule has 0 bridgehead atoms. The van der Waals surface area contributed by atoms with Crippen molar-refractivity contribution in [2.24, 2.45) is 11.8 Å². The molecule has 0 saturated heterocycles. The van der Waals surface area contributed by atoms with Crippen LogP contribution in [0.2, 0.25) is 0 Å². The monoisotopic (exact) mass is 269 g/mol. The first-order valence-electron chi connectivity index (χ1n) is 7.99. The highest BCUT2D eigenvalue weighted by Crippen LogP contribution is 2.32. The molecule has 0 radical (unpaired) electrons. The summed E-state index contributed by atoms with van der Waals surface area (Å²) in [6.07, 6.45) is 13.8. The molecule has 106 valence electrons. The lowest BCUT2D eigenvalue weighted by molar-refractivity contribution is 0.210. The van der Waals surface area contributed by atoms with Gasteiger partial charge in [0, 0.05) is 17.3 Å². The largest absolute Gasteiger partial charge is 0.310 e. The minimum Gasteiger partial charge on any atom is -0.310 e. The molecule has 4 atom stereocenters. The van der Waals surface area contributed by atoms with Gasteiger partial charge in [0.15, 0.2) is 0 Å². The van der Waals surface area contributed by atoms with Crippen molar-refractivity contribution in [1.29, 1.82) is 0 Å². The maximum atomic E-state index is 4.02. The van der Waals surface area contributed by atoms with Crippen LogP contribution in [0.25, 0.3) is 0 Å². The minimum absolute atomic E-state index is 0.796. The van der Waals surface area contributed by atoms with Gasteiger partial charge in [0.1, 0.15) is 0 Å². The lowest BCUT2D eigenvalue weighted by atomic mass is 9.79. The Bertz CT molecular complexity index is 241. The molecule has 2 aliphatic rings. The van der Waals surface area contributed by atoms with Gasteiger partial charge in [-0.2, -0.15) is 11.8 Å². The van der Waals surface area contributed by atoms with E-state index in [1.165, 1.54) is 51.4 Å². The third-order valence-electron chi connectivity index (χ3n) is 5.11. The van der Waals surface area contributed by atoms with E-state index >= 15 is 0 Å². The average molecular weight is 269 g/mol. The van der Waals surface area contributed by atoms with Crippen LogP contribution in [-0.2, 0) is 0 Å². The quantitative estimate of drug-likeness (QED) is 0.808. The molecular weight excluding hydrogens is 238 g/mol. The van der Waals surface area contributed by atoms with Gasteiger partial charge in [0.25, 0.3) is 0 Å². The Hall–Kier alpha value is 0.310. The standard InChI is InChI=1S/C16H31NS/c1-12(2)13-7-6-8-14(11-13)17-15-9-4-5-10-16(15)18-3/h12-17H,4-11H2,1-3H3. The Kier molecular flexibility index (Phi) is 5.88. The zero-order valence-electron chi connectivity index (χ0n) is 12.5. The molecule has 2 heteroatoms. The van der Waals surface area contributed by atoms with Crippen molar-refractivity contribution in [2.45, 2.75) is 82.5 Å². The van der Waals surface area contributed by atoms with Gasteiger partial charge in [-0.05, 0) is 43.8 Å². The highest BCUT2D eigenvalue weighted by Gasteiger charge is 2.29. The summed E-state index contributed by atoms with van der Waals surface area (Å²) in [5, 5.41) is 4.90. The summed E-state index contributed by atoms with van der Waals surface area (Å²) in [6, 6.07) is 1.61. The fraction of sp³-hybridized carbons (Fsp3) is 1.00. The SMILES string of the molecule is CSC1CCCCC1NC1CCCC(C(C)C)C1. The fourth-order valence-electron chi connectivity index (χ4n) is 3.86. The van der Waals surface area contributed by atoms with E-state index in [9.17, 15) is 0 Å². The van der Waals surface area contributed by atoms with Crippen molar-refractivity contribution >= 4 is 11.8 Å². The van der Waals surface area contributed by atoms with E-state index in [2.05, 4.69) is 37.2 Å². The zero-order chi connectivity index (χ0) is 13.0. The van der Waals surface area contributed by atoms with Crippen LogP contribution < -0.4 is 5.32 Å². The summed E-state index contributed by atoms with van der Waals surface area (Å²) in [7, 11) is 0. The number of nitrogens with one attached hydrogen (secondary N) is 1. The molecule has 0 spiro atoms. The van der Waals surface area contributed by atoms with Gasteiger partial charge in [-0.3, -0.25) is 0 Å². The molecule has 0 aromatic heterocycles. The fourth-order valence-corrected chi connectivity index (χ4v) is 4.80. The topological polar surface area (TPSA) is 12.0 Å². The molecule has 0 amide bonds. The van der Waals surface area contributed by atoms with Crippen molar-refractivity contribution in [3.8, 4) is 0 Å². The summed E-state index contributed by atoms with van der Waals surface area (Å²) in [5.41, 5.74) is 0. The van der Waals surface area contributed by atoms with E-state index in [-0.39, 0.29) is 0 Å². The molecule has 0 aromatic rings. The normalized spacial score (nSPS) is 38.0. The number of hydrogen-bond acceptors (Lipinski definition) is 2. The van der Waals surface area contributed by atoms with E-state index in [0.29, 0.717) is 0 Å². The Morgan fingerprint density at radius 1 is 1.00 bits per heavy atom. The van der Waals surface area contributed by atoms with E-state index in [0.717, 1.165) is 29.2 Å². The number of hydrogen-bond donors (Lipinski definition) is 1. The molecule has 0 heterocycles. The van der Waals surface area contributed by atoms with Crippen molar-refractivity contribution in [3.05, 3.63) is 0 Å². The van der Waals surface area contributed by atoms with Crippen LogP contribution in [0, 0.1) is 11.8 Å². The van der Waals surface area contributed by atoms with Crippen molar-refractivity contribution < 1.29 is 0 Å². The Morgan fingerprint density at radius 2 is 1.78 bits per heavy atom. The van der Waals surface area contributed by atoms with Gasteiger partial charge >= 0.3 is 0 Å². The molecule has 0 aliphatic heterocycles. The lowest BCUT2D eigenvalue weighted by Gasteiger charge is -2.38. The second kappa shape index (κ2) is 7.19. The van der Waals surface area contributed by atoms with Crippen LogP contribution in [0.5, 0.6) is 0 Å². The van der Waals surface area contributed by atoms with E-state index in [1.54, 1.807) is 0 Å².